The molecule has 2 N–H and O–H groups in total. The van der Waals surface area contributed by atoms with Gasteiger partial charge in [0.1, 0.15) is 0 Å². The van der Waals surface area contributed by atoms with Crippen molar-refractivity contribution in [2.24, 2.45) is 0 Å². The number of alkyl halides is 2. The normalized spacial score (nSPS) is 10.6. The molecule has 0 fully saturated rings. The Morgan fingerprint density at radius 3 is 2.65 bits per heavy atom. The predicted molar refractivity (Wildman–Crippen MR) is 56.1 cm³/mol. The zero-order valence-corrected chi connectivity index (χ0v) is 8.90. The van der Waals surface area contributed by atoms with Gasteiger partial charge in [0.2, 0.25) is 5.56 Å². The van der Waals surface area contributed by atoms with E-state index < -0.39 is 25.5 Å². The molecular weight excluding hydrogens is 234 g/mol. The number of carbonyl (C=O) groups is 1. The molecule has 7 heteroatoms. The highest BCUT2D eigenvalue weighted by molar-refractivity contribution is 5.93. The minimum Gasteiger partial charge on any atom is -0.395 e. The van der Waals surface area contributed by atoms with Crippen LogP contribution in [0.1, 0.15) is 10.4 Å². The highest BCUT2D eigenvalue weighted by Gasteiger charge is 2.19. The van der Waals surface area contributed by atoms with Gasteiger partial charge in [-0.05, 0) is 6.07 Å². The largest absolute Gasteiger partial charge is 0.395 e. The summed E-state index contributed by atoms with van der Waals surface area (Å²) in [6.45, 7) is -1.33. The highest BCUT2D eigenvalue weighted by Crippen LogP contribution is 2.05. The van der Waals surface area contributed by atoms with Crippen LogP contribution in [0.3, 0.4) is 0 Å². The van der Waals surface area contributed by atoms with Crippen molar-refractivity contribution in [2.75, 3.05) is 19.7 Å². The molecule has 0 unspecified atom stereocenters. The molecule has 0 aliphatic heterocycles. The van der Waals surface area contributed by atoms with Gasteiger partial charge < -0.3 is 15.0 Å². The summed E-state index contributed by atoms with van der Waals surface area (Å²) in [6.07, 6.45) is -1.52. The van der Waals surface area contributed by atoms with Crippen LogP contribution in [0.25, 0.3) is 0 Å². The number of H-pyrrole nitrogens is 1. The average molecular weight is 246 g/mol. The summed E-state index contributed by atoms with van der Waals surface area (Å²) in [7, 11) is 0. The lowest BCUT2D eigenvalue weighted by molar-refractivity contribution is 0.0509. The van der Waals surface area contributed by atoms with Crippen LogP contribution in [0.4, 0.5) is 8.78 Å². The number of hydrogen-bond acceptors (Lipinski definition) is 3. The van der Waals surface area contributed by atoms with Crippen LogP contribution in [0, 0.1) is 0 Å². The molecule has 0 aromatic carbocycles. The van der Waals surface area contributed by atoms with E-state index in [0.717, 1.165) is 17.2 Å². The molecule has 0 saturated heterocycles. The number of aromatic amines is 1. The van der Waals surface area contributed by atoms with E-state index in [0.29, 0.717) is 0 Å². The molecule has 17 heavy (non-hydrogen) atoms. The van der Waals surface area contributed by atoms with Gasteiger partial charge in [0.15, 0.2) is 0 Å². The van der Waals surface area contributed by atoms with Gasteiger partial charge in [0.05, 0.1) is 18.7 Å². The van der Waals surface area contributed by atoms with Gasteiger partial charge in [-0.2, -0.15) is 0 Å². The smallest absolute Gasteiger partial charge is 0.255 e. The fourth-order valence-electron chi connectivity index (χ4n) is 1.29. The lowest BCUT2D eigenvalue weighted by Crippen LogP contribution is -2.37. The molecular formula is C10H12F2N2O3. The van der Waals surface area contributed by atoms with Gasteiger partial charge in [-0.15, -0.1) is 0 Å². The summed E-state index contributed by atoms with van der Waals surface area (Å²) in [5.74, 6) is -0.657. The first-order chi connectivity index (χ1) is 8.04. The van der Waals surface area contributed by atoms with Crippen LogP contribution in [-0.4, -0.2) is 47.0 Å². The number of nitrogens with one attached hydrogen (secondary N) is 1. The molecule has 0 radical (unpaired) electrons. The van der Waals surface area contributed by atoms with Crippen molar-refractivity contribution in [3.8, 4) is 0 Å². The molecule has 0 atom stereocenters. The molecule has 0 saturated carbocycles. The van der Waals surface area contributed by atoms with Crippen LogP contribution in [0.5, 0.6) is 0 Å². The number of rotatable bonds is 5. The fourth-order valence-corrected chi connectivity index (χ4v) is 1.29. The van der Waals surface area contributed by atoms with Crippen molar-refractivity contribution in [3.63, 3.8) is 0 Å². The number of pyridine rings is 1. The average Bonchev–Trinajstić information content (AvgIpc) is 2.28. The van der Waals surface area contributed by atoms with E-state index in [4.69, 9.17) is 5.11 Å². The van der Waals surface area contributed by atoms with Gasteiger partial charge in [-0.25, -0.2) is 8.78 Å². The van der Waals surface area contributed by atoms with Crippen molar-refractivity contribution < 1.29 is 18.7 Å². The van der Waals surface area contributed by atoms with E-state index in [1.54, 1.807) is 0 Å². The standard InChI is InChI=1S/C10H12F2N2O3/c11-8(12)6-14(3-4-15)10(17)7-1-2-9(16)13-5-7/h1-2,5,8,15H,3-4,6H2,(H,13,16). The third-order valence-corrected chi connectivity index (χ3v) is 2.05. The van der Waals surface area contributed by atoms with E-state index in [-0.39, 0.29) is 17.7 Å². The summed E-state index contributed by atoms with van der Waals surface area (Å²) in [5, 5.41) is 8.69. The summed E-state index contributed by atoms with van der Waals surface area (Å²) in [4.78, 5) is 25.6. The molecule has 94 valence electrons. The third-order valence-electron chi connectivity index (χ3n) is 2.05. The van der Waals surface area contributed by atoms with Gasteiger partial charge in [-0.1, -0.05) is 0 Å². The molecule has 1 rings (SSSR count). The van der Waals surface area contributed by atoms with E-state index >= 15 is 0 Å². The second kappa shape index (κ2) is 6.09. The molecule has 0 spiro atoms. The number of aromatic nitrogens is 1. The maximum atomic E-state index is 12.2. The van der Waals surface area contributed by atoms with Gasteiger partial charge in [0.25, 0.3) is 12.3 Å². The van der Waals surface area contributed by atoms with E-state index in [1.165, 1.54) is 6.07 Å². The topological polar surface area (TPSA) is 73.4 Å². The number of amides is 1. The Bertz CT molecular complexity index is 413. The van der Waals surface area contributed by atoms with Gasteiger partial charge in [0, 0.05) is 18.8 Å². The van der Waals surface area contributed by atoms with Crippen molar-refractivity contribution in [3.05, 3.63) is 34.2 Å². The number of carbonyl (C=O) groups excluding carboxylic acids is 1. The Hall–Kier alpha value is -1.76. The molecule has 0 aliphatic rings. The number of aliphatic hydroxyl groups is 1. The maximum absolute atomic E-state index is 12.2. The first-order valence-electron chi connectivity index (χ1n) is 4.91. The molecule has 1 aromatic rings. The van der Waals surface area contributed by atoms with Crippen LogP contribution >= 0.6 is 0 Å². The minimum absolute atomic E-state index is 0.0960. The maximum Gasteiger partial charge on any atom is 0.255 e. The summed E-state index contributed by atoms with van der Waals surface area (Å²) < 4.78 is 24.4. The van der Waals surface area contributed by atoms with Gasteiger partial charge >= 0.3 is 0 Å². The molecule has 1 heterocycles. The first kappa shape index (κ1) is 13.3. The molecule has 1 amide bonds. The fraction of sp³-hybridized carbons (Fsp3) is 0.400. The van der Waals surface area contributed by atoms with Crippen molar-refractivity contribution in [1.82, 2.24) is 9.88 Å². The van der Waals surface area contributed by atoms with Crippen LogP contribution in [0.2, 0.25) is 0 Å². The molecule has 1 aromatic heterocycles. The van der Waals surface area contributed by atoms with Crippen molar-refractivity contribution in [2.45, 2.75) is 6.43 Å². The third kappa shape index (κ3) is 3.95. The first-order valence-corrected chi connectivity index (χ1v) is 4.91. The number of aliphatic hydroxyl groups excluding tert-OH is 1. The second-order valence-electron chi connectivity index (χ2n) is 3.31. The number of halogens is 2. The van der Waals surface area contributed by atoms with E-state index in [9.17, 15) is 18.4 Å². The quantitative estimate of drug-likeness (QED) is 0.772. The zero-order chi connectivity index (χ0) is 12.8. The lowest BCUT2D eigenvalue weighted by Gasteiger charge is -2.21. The Morgan fingerprint density at radius 1 is 1.47 bits per heavy atom. The Morgan fingerprint density at radius 2 is 2.18 bits per heavy atom. The predicted octanol–water partition coefficient (Wildman–Crippen LogP) is 0.0745. The summed E-state index contributed by atoms with van der Waals surface area (Å²) in [5.41, 5.74) is -0.289. The van der Waals surface area contributed by atoms with E-state index in [1.807, 2.05) is 0 Å². The van der Waals surface area contributed by atoms with E-state index in [2.05, 4.69) is 4.98 Å². The SMILES string of the molecule is O=C(c1ccc(=O)[nH]c1)N(CCO)CC(F)F. The monoisotopic (exact) mass is 246 g/mol. The highest BCUT2D eigenvalue weighted by atomic mass is 19.3. The Labute approximate surface area is 95.7 Å². The van der Waals surface area contributed by atoms with Crippen molar-refractivity contribution >= 4 is 5.91 Å². The minimum atomic E-state index is -2.67. The van der Waals surface area contributed by atoms with Gasteiger partial charge in [-0.3, -0.25) is 9.59 Å². The van der Waals surface area contributed by atoms with Crippen LogP contribution in [-0.2, 0) is 0 Å². The van der Waals surface area contributed by atoms with Crippen LogP contribution in [0.15, 0.2) is 23.1 Å². The number of hydrogen-bond donors (Lipinski definition) is 2. The number of nitrogens with zero attached hydrogens (tertiary/aromatic N) is 1. The lowest BCUT2D eigenvalue weighted by atomic mass is 10.2. The Kier molecular flexibility index (Phi) is 4.77. The second-order valence-corrected chi connectivity index (χ2v) is 3.31. The summed E-state index contributed by atoms with van der Waals surface area (Å²) >= 11 is 0. The Balaban J connectivity index is 2.83. The molecule has 0 aliphatic carbocycles. The van der Waals surface area contributed by atoms with Crippen molar-refractivity contribution in [1.29, 1.82) is 0 Å². The van der Waals surface area contributed by atoms with Crippen LogP contribution < -0.4 is 5.56 Å². The zero-order valence-electron chi connectivity index (χ0n) is 8.90. The molecule has 5 nitrogen and oxygen atoms in total. The summed E-state index contributed by atoms with van der Waals surface area (Å²) in [6, 6.07) is 2.38. The molecule has 0 bridgehead atoms.